The molecule has 7 heteroatoms. The van der Waals surface area contributed by atoms with E-state index in [0.29, 0.717) is 11.3 Å². The van der Waals surface area contributed by atoms with Gasteiger partial charge in [0, 0.05) is 0 Å². The molecule has 0 saturated heterocycles. The number of hydrogen-bond donors (Lipinski definition) is 2. The number of hydrogen-bond acceptors (Lipinski definition) is 5. The molecular weight excluding hydrogens is 275 g/mol. The van der Waals surface area contributed by atoms with Crippen LogP contribution >= 0.6 is 0 Å². The second kappa shape index (κ2) is 5.54. The van der Waals surface area contributed by atoms with Crippen molar-refractivity contribution in [3.63, 3.8) is 0 Å². The number of benzene rings is 1. The van der Waals surface area contributed by atoms with Gasteiger partial charge in [0.25, 0.3) is 0 Å². The Morgan fingerprint density at radius 1 is 1.38 bits per heavy atom. The molecule has 1 heterocycles. The van der Waals surface area contributed by atoms with E-state index in [1.54, 1.807) is 13.8 Å². The van der Waals surface area contributed by atoms with Gasteiger partial charge in [0.15, 0.2) is 5.82 Å². The molecule has 2 rings (SSSR count). The number of halogens is 1. The van der Waals surface area contributed by atoms with Crippen molar-refractivity contribution in [1.29, 1.82) is 5.26 Å². The van der Waals surface area contributed by atoms with Gasteiger partial charge in [-0.1, -0.05) is 0 Å². The molecule has 0 unspecified atom stereocenters. The molecule has 2 N–H and O–H groups in total. The first-order chi connectivity index (χ1) is 9.93. The van der Waals surface area contributed by atoms with E-state index in [-0.39, 0.29) is 22.6 Å². The Morgan fingerprint density at radius 2 is 2.10 bits per heavy atom. The number of nitrogens with zero attached hydrogens (tertiary/aromatic N) is 3. The third-order valence-electron chi connectivity index (χ3n) is 3.04. The molecule has 0 saturated carbocycles. The van der Waals surface area contributed by atoms with Crippen LogP contribution in [0.1, 0.15) is 27.2 Å². The summed E-state index contributed by atoms with van der Waals surface area (Å²) in [5, 5.41) is 28.3. The Hall–Kier alpha value is -3.01. The van der Waals surface area contributed by atoms with Crippen LogP contribution in [0.5, 0.6) is 0 Å². The SMILES string of the molecule is Cc1nnc(Nc2ccc(C(=O)O)cc2F)c(C#N)c1C. The fourth-order valence-corrected chi connectivity index (χ4v) is 1.71. The molecule has 0 spiro atoms. The van der Waals surface area contributed by atoms with Crippen LogP contribution in [0, 0.1) is 31.0 Å². The van der Waals surface area contributed by atoms with Gasteiger partial charge in [-0.2, -0.15) is 10.4 Å². The number of carboxylic acid groups (broad SMARTS) is 1. The summed E-state index contributed by atoms with van der Waals surface area (Å²) in [5.74, 6) is -1.84. The van der Waals surface area contributed by atoms with Crippen molar-refractivity contribution >= 4 is 17.5 Å². The second-order valence-corrected chi connectivity index (χ2v) is 4.37. The molecule has 0 aliphatic rings. The van der Waals surface area contributed by atoms with E-state index in [4.69, 9.17) is 10.4 Å². The topological polar surface area (TPSA) is 98.9 Å². The van der Waals surface area contributed by atoms with Crippen LogP contribution in [-0.2, 0) is 0 Å². The molecule has 21 heavy (non-hydrogen) atoms. The lowest BCUT2D eigenvalue weighted by Gasteiger charge is -2.10. The summed E-state index contributed by atoms with van der Waals surface area (Å²) >= 11 is 0. The number of carbonyl (C=O) groups is 1. The minimum atomic E-state index is -1.22. The average molecular weight is 286 g/mol. The van der Waals surface area contributed by atoms with Gasteiger partial charge in [-0.3, -0.25) is 0 Å². The first-order valence-electron chi connectivity index (χ1n) is 5.98. The molecule has 106 valence electrons. The quantitative estimate of drug-likeness (QED) is 0.899. The first-order valence-corrected chi connectivity index (χ1v) is 5.98. The summed E-state index contributed by atoms with van der Waals surface area (Å²) in [5.41, 5.74) is 1.39. The second-order valence-electron chi connectivity index (χ2n) is 4.37. The van der Waals surface area contributed by atoms with Crippen molar-refractivity contribution in [3.8, 4) is 6.07 Å². The zero-order chi connectivity index (χ0) is 15.6. The maximum Gasteiger partial charge on any atom is 0.335 e. The summed E-state index contributed by atoms with van der Waals surface area (Å²) in [4.78, 5) is 10.8. The normalized spacial score (nSPS) is 10.0. The highest BCUT2D eigenvalue weighted by Crippen LogP contribution is 2.24. The maximum atomic E-state index is 13.9. The third kappa shape index (κ3) is 2.79. The van der Waals surface area contributed by atoms with Crippen molar-refractivity contribution < 1.29 is 14.3 Å². The molecule has 0 atom stereocenters. The first kappa shape index (κ1) is 14.4. The smallest absolute Gasteiger partial charge is 0.335 e. The standard InChI is InChI=1S/C14H11FN4O2/c1-7-8(2)18-19-13(10(7)6-16)17-12-4-3-9(14(20)21)5-11(12)15/h3-5H,1-2H3,(H,17,19)(H,20,21). The van der Waals surface area contributed by atoms with E-state index in [1.165, 1.54) is 12.1 Å². The van der Waals surface area contributed by atoms with Crippen molar-refractivity contribution in [2.75, 3.05) is 5.32 Å². The molecule has 0 fully saturated rings. The summed E-state index contributed by atoms with van der Waals surface area (Å²) in [6.07, 6.45) is 0. The van der Waals surface area contributed by atoms with Crippen LogP contribution in [0.2, 0.25) is 0 Å². The number of anilines is 2. The van der Waals surface area contributed by atoms with Crippen LogP contribution in [0.4, 0.5) is 15.9 Å². The molecule has 2 aromatic rings. The number of aromatic nitrogens is 2. The van der Waals surface area contributed by atoms with Gasteiger partial charge >= 0.3 is 5.97 Å². The van der Waals surface area contributed by atoms with Crippen molar-refractivity contribution in [2.45, 2.75) is 13.8 Å². The summed E-state index contributed by atoms with van der Waals surface area (Å²) in [6.45, 7) is 3.44. The van der Waals surface area contributed by atoms with Crippen LogP contribution in [-0.4, -0.2) is 21.3 Å². The zero-order valence-corrected chi connectivity index (χ0v) is 11.3. The minimum Gasteiger partial charge on any atom is -0.478 e. The van der Waals surface area contributed by atoms with Gasteiger partial charge in [-0.25, -0.2) is 9.18 Å². The van der Waals surface area contributed by atoms with E-state index in [1.807, 2.05) is 6.07 Å². The van der Waals surface area contributed by atoms with Gasteiger partial charge in [-0.15, -0.1) is 5.10 Å². The minimum absolute atomic E-state index is 0.0223. The van der Waals surface area contributed by atoms with Gasteiger partial charge in [0.1, 0.15) is 17.4 Å². The highest BCUT2D eigenvalue weighted by Gasteiger charge is 2.14. The number of aromatic carboxylic acids is 1. The van der Waals surface area contributed by atoms with E-state index in [2.05, 4.69) is 15.5 Å². The monoisotopic (exact) mass is 286 g/mol. The van der Waals surface area contributed by atoms with Crippen LogP contribution in [0.3, 0.4) is 0 Å². The Labute approximate surface area is 119 Å². The van der Waals surface area contributed by atoms with Crippen molar-refractivity contribution in [2.24, 2.45) is 0 Å². The summed E-state index contributed by atoms with van der Waals surface area (Å²) < 4.78 is 13.9. The molecule has 0 aliphatic carbocycles. The van der Waals surface area contributed by atoms with Crippen LogP contribution in [0.25, 0.3) is 0 Å². The molecule has 0 amide bonds. The van der Waals surface area contributed by atoms with Gasteiger partial charge in [-0.05, 0) is 37.6 Å². The lowest BCUT2D eigenvalue weighted by molar-refractivity contribution is 0.0696. The zero-order valence-electron chi connectivity index (χ0n) is 11.3. The molecule has 0 aliphatic heterocycles. The van der Waals surface area contributed by atoms with E-state index >= 15 is 0 Å². The average Bonchev–Trinajstić information content (AvgIpc) is 2.45. The highest BCUT2D eigenvalue weighted by molar-refractivity contribution is 5.88. The number of nitrogens with one attached hydrogen (secondary N) is 1. The Balaban J connectivity index is 2.42. The van der Waals surface area contributed by atoms with Crippen LogP contribution < -0.4 is 5.32 Å². The molecule has 6 nitrogen and oxygen atoms in total. The maximum absolute atomic E-state index is 13.9. The van der Waals surface area contributed by atoms with Gasteiger partial charge in [0.05, 0.1) is 16.9 Å². The number of rotatable bonds is 3. The van der Waals surface area contributed by atoms with Crippen molar-refractivity contribution in [1.82, 2.24) is 10.2 Å². The fraction of sp³-hybridized carbons (Fsp3) is 0.143. The molecule has 0 radical (unpaired) electrons. The lowest BCUT2D eigenvalue weighted by atomic mass is 10.1. The lowest BCUT2D eigenvalue weighted by Crippen LogP contribution is -2.05. The van der Waals surface area contributed by atoms with E-state index in [0.717, 1.165) is 6.07 Å². The Bertz CT molecular complexity index is 768. The molecular formula is C14H11FN4O2. The number of nitriles is 1. The fourth-order valence-electron chi connectivity index (χ4n) is 1.71. The summed E-state index contributed by atoms with van der Waals surface area (Å²) in [7, 11) is 0. The molecule has 0 bridgehead atoms. The molecule has 1 aromatic carbocycles. The highest BCUT2D eigenvalue weighted by atomic mass is 19.1. The predicted molar refractivity (Wildman–Crippen MR) is 72.9 cm³/mol. The third-order valence-corrected chi connectivity index (χ3v) is 3.04. The summed E-state index contributed by atoms with van der Waals surface area (Å²) in [6, 6.07) is 5.42. The van der Waals surface area contributed by atoms with Crippen LogP contribution in [0.15, 0.2) is 18.2 Å². The Kier molecular flexibility index (Phi) is 3.80. The van der Waals surface area contributed by atoms with E-state index < -0.39 is 11.8 Å². The largest absolute Gasteiger partial charge is 0.478 e. The number of carboxylic acids is 1. The van der Waals surface area contributed by atoms with Crippen molar-refractivity contribution in [3.05, 3.63) is 46.4 Å². The van der Waals surface area contributed by atoms with E-state index in [9.17, 15) is 9.18 Å². The molecule has 1 aromatic heterocycles. The Morgan fingerprint density at radius 3 is 2.67 bits per heavy atom. The van der Waals surface area contributed by atoms with Gasteiger partial charge < -0.3 is 10.4 Å². The number of aryl methyl sites for hydroxylation is 1. The van der Waals surface area contributed by atoms with Gasteiger partial charge in [0.2, 0.25) is 0 Å². The predicted octanol–water partition coefficient (Wildman–Crippen LogP) is 2.55.